The number of hydrogen-bond acceptors (Lipinski definition) is 4. The van der Waals surface area contributed by atoms with Gasteiger partial charge in [-0.25, -0.2) is 4.98 Å². The number of nitrogens with one attached hydrogen (secondary N) is 2. The molecule has 1 aromatic rings. The normalized spacial score (nSPS) is 9.88. The average molecular weight is 223 g/mol. The zero-order chi connectivity index (χ0) is 11.8. The van der Waals surface area contributed by atoms with Crippen molar-refractivity contribution in [3.05, 3.63) is 18.3 Å². The minimum absolute atomic E-state index is 0.0263. The van der Waals surface area contributed by atoms with Crippen molar-refractivity contribution in [1.29, 1.82) is 0 Å². The van der Waals surface area contributed by atoms with Gasteiger partial charge in [-0.2, -0.15) is 0 Å². The van der Waals surface area contributed by atoms with Gasteiger partial charge in [-0.15, -0.1) is 0 Å². The van der Waals surface area contributed by atoms with E-state index in [1.165, 1.54) is 7.11 Å². The standard InChI is InChI=1S/C11H17N3O2/c1-12-7-4-6-10(15)14-9-5-3-8-13-11(9)16-2/h3,5,8,12H,4,6-7H2,1-2H3,(H,14,15). The lowest BCUT2D eigenvalue weighted by Crippen LogP contribution is -2.15. The molecule has 0 aromatic carbocycles. The molecule has 0 unspecified atom stereocenters. The topological polar surface area (TPSA) is 63.2 Å². The second-order valence-electron chi connectivity index (χ2n) is 3.32. The number of aromatic nitrogens is 1. The number of rotatable bonds is 6. The van der Waals surface area contributed by atoms with Gasteiger partial charge in [-0.05, 0) is 32.1 Å². The van der Waals surface area contributed by atoms with Crippen LogP contribution < -0.4 is 15.4 Å². The average Bonchev–Trinajstić information content (AvgIpc) is 2.30. The van der Waals surface area contributed by atoms with E-state index in [0.29, 0.717) is 18.0 Å². The van der Waals surface area contributed by atoms with Gasteiger partial charge in [0.25, 0.3) is 0 Å². The van der Waals surface area contributed by atoms with Gasteiger partial charge in [0.1, 0.15) is 5.69 Å². The summed E-state index contributed by atoms with van der Waals surface area (Å²) in [7, 11) is 3.39. The molecule has 5 nitrogen and oxygen atoms in total. The molecule has 1 aromatic heterocycles. The number of carbonyl (C=O) groups is 1. The maximum absolute atomic E-state index is 11.5. The van der Waals surface area contributed by atoms with Crippen LogP contribution in [0.2, 0.25) is 0 Å². The van der Waals surface area contributed by atoms with Crippen LogP contribution in [0.4, 0.5) is 5.69 Å². The Morgan fingerprint density at radius 2 is 2.38 bits per heavy atom. The van der Waals surface area contributed by atoms with Gasteiger partial charge in [0.15, 0.2) is 0 Å². The highest BCUT2D eigenvalue weighted by Crippen LogP contribution is 2.19. The molecule has 1 heterocycles. The number of anilines is 1. The van der Waals surface area contributed by atoms with Gasteiger partial charge in [-0.3, -0.25) is 4.79 Å². The smallest absolute Gasteiger partial charge is 0.237 e. The number of amides is 1. The summed E-state index contributed by atoms with van der Waals surface area (Å²) in [5.41, 5.74) is 0.611. The van der Waals surface area contributed by atoms with E-state index >= 15 is 0 Å². The number of pyridine rings is 1. The number of nitrogens with zero attached hydrogens (tertiary/aromatic N) is 1. The predicted octanol–water partition coefficient (Wildman–Crippen LogP) is 1.03. The Bertz CT molecular complexity index is 342. The maximum Gasteiger partial charge on any atom is 0.237 e. The molecule has 0 aliphatic heterocycles. The van der Waals surface area contributed by atoms with Crippen molar-refractivity contribution < 1.29 is 9.53 Å². The van der Waals surface area contributed by atoms with Crippen LogP contribution in [0.5, 0.6) is 5.88 Å². The molecule has 0 saturated heterocycles. The molecule has 0 spiro atoms. The summed E-state index contributed by atoms with van der Waals surface area (Å²) >= 11 is 0. The zero-order valence-corrected chi connectivity index (χ0v) is 9.62. The summed E-state index contributed by atoms with van der Waals surface area (Å²) in [6.07, 6.45) is 2.92. The third-order valence-corrected chi connectivity index (χ3v) is 2.07. The number of ether oxygens (including phenoxy) is 1. The summed E-state index contributed by atoms with van der Waals surface area (Å²) in [5, 5.41) is 5.76. The Hall–Kier alpha value is -1.62. The lowest BCUT2D eigenvalue weighted by Gasteiger charge is -2.08. The molecule has 0 fully saturated rings. The minimum atomic E-state index is -0.0263. The number of carbonyl (C=O) groups excluding carboxylic acids is 1. The number of methoxy groups -OCH3 is 1. The third-order valence-electron chi connectivity index (χ3n) is 2.07. The van der Waals surface area contributed by atoms with Gasteiger partial charge in [0.2, 0.25) is 11.8 Å². The van der Waals surface area contributed by atoms with Crippen LogP contribution in [0.15, 0.2) is 18.3 Å². The quantitative estimate of drug-likeness (QED) is 0.707. The summed E-state index contributed by atoms with van der Waals surface area (Å²) < 4.78 is 5.03. The number of hydrogen-bond donors (Lipinski definition) is 2. The van der Waals surface area contributed by atoms with E-state index in [0.717, 1.165) is 13.0 Å². The second-order valence-corrected chi connectivity index (χ2v) is 3.32. The van der Waals surface area contributed by atoms with Gasteiger partial charge >= 0.3 is 0 Å². The van der Waals surface area contributed by atoms with Crippen molar-refractivity contribution >= 4 is 11.6 Å². The summed E-state index contributed by atoms with van der Waals surface area (Å²) in [4.78, 5) is 15.5. The largest absolute Gasteiger partial charge is 0.480 e. The van der Waals surface area contributed by atoms with Crippen LogP contribution in [0.25, 0.3) is 0 Å². The molecule has 88 valence electrons. The molecule has 1 amide bonds. The molecule has 0 aliphatic rings. The predicted molar refractivity (Wildman–Crippen MR) is 62.6 cm³/mol. The first-order valence-electron chi connectivity index (χ1n) is 5.21. The zero-order valence-electron chi connectivity index (χ0n) is 9.62. The minimum Gasteiger partial charge on any atom is -0.480 e. The van der Waals surface area contributed by atoms with Crippen LogP contribution in [-0.2, 0) is 4.79 Å². The molecule has 16 heavy (non-hydrogen) atoms. The molecule has 2 N–H and O–H groups in total. The Morgan fingerprint density at radius 3 is 3.06 bits per heavy atom. The van der Waals surface area contributed by atoms with Crippen molar-refractivity contribution in [3.8, 4) is 5.88 Å². The van der Waals surface area contributed by atoms with Crippen LogP contribution in [0, 0.1) is 0 Å². The maximum atomic E-state index is 11.5. The van der Waals surface area contributed by atoms with Crippen LogP contribution >= 0.6 is 0 Å². The molecule has 0 radical (unpaired) electrons. The van der Waals surface area contributed by atoms with E-state index in [1.54, 1.807) is 18.3 Å². The first-order chi connectivity index (χ1) is 7.77. The highest BCUT2D eigenvalue weighted by molar-refractivity contribution is 5.91. The lowest BCUT2D eigenvalue weighted by molar-refractivity contribution is -0.116. The first-order valence-corrected chi connectivity index (χ1v) is 5.21. The van der Waals surface area contributed by atoms with Crippen molar-refractivity contribution in [3.63, 3.8) is 0 Å². The van der Waals surface area contributed by atoms with Crippen LogP contribution in [0.3, 0.4) is 0 Å². The molecule has 1 rings (SSSR count). The Labute approximate surface area is 95.2 Å². The van der Waals surface area contributed by atoms with Crippen molar-refractivity contribution in [2.75, 3.05) is 26.0 Å². The first kappa shape index (κ1) is 12.4. The lowest BCUT2D eigenvalue weighted by atomic mass is 10.3. The van der Waals surface area contributed by atoms with Crippen molar-refractivity contribution in [2.24, 2.45) is 0 Å². The molecular formula is C11H17N3O2. The fourth-order valence-electron chi connectivity index (χ4n) is 1.29. The molecular weight excluding hydrogens is 206 g/mol. The van der Waals surface area contributed by atoms with Gasteiger partial charge in [0, 0.05) is 12.6 Å². The highest BCUT2D eigenvalue weighted by atomic mass is 16.5. The Kier molecular flexibility index (Phi) is 5.28. The molecule has 0 atom stereocenters. The van der Waals surface area contributed by atoms with Gasteiger partial charge in [-0.1, -0.05) is 0 Å². The molecule has 0 saturated carbocycles. The van der Waals surface area contributed by atoms with E-state index in [-0.39, 0.29) is 5.91 Å². The van der Waals surface area contributed by atoms with Gasteiger partial charge in [0.05, 0.1) is 7.11 Å². The fraction of sp³-hybridized carbons (Fsp3) is 0.455. The summed E-state index contributed by atoms with van der Waals surface area (Å²) in [5.74, 6) is 0.408. The monoisotopic (exact) mass is 223 g/mol. The van der Waals surface area contributed by atoms with Crippen molar-refractivity contribution in [1.82, 2.24) is 10.3 Å². The third kappa shape index (κ3) is 3.86. The summed E-state index contributed by atoms with van der Waals surface area (Å²) in [6, 6.07) is 3.52. The molecule has 0 aliphatic carbocycles. The van der Waals surface area contributed by atoms with E-state index in [1.807, 2.05) is 7.05 Å². The molecule has 0 bridgehead atoms. The van der Waals surface area contributed by atoms with Gasteiger partial charge < -0.3 is 15.4 Å². The van der Waals surface area contributed by atoms with E-state index in [4.69, 9.17) is 4.74 Å². The second kappa shape index (κ2) is 6.79. The highest BCUT2D eigenvalue weighted by Gasteiger charge is 2.06. The van der Waals surface area contributed by atoms with Crippen LogP contribution in [0.1, 0.15) is 12.8 Å². The SMILES string of the molecule is CNCCCC(=O)Nc1cccnc1OC. The van der Waals surface area contributed by atoms with Crippen LogP contribution in [-0.4, -0.2) is 31.6 Å². The van der Waals surface area contributed by atoms with Crippen molar-refractivity contribution in [2.45, 2.75) is 12.8 Å². The van der Waals surface area contributed by atoms with E-state index in [2.05, 4.69) is 15.6 Å². The Morgan fingerprint density at radius 1 is 1.56 bits per heavy atom. The molecule has 5 heteroatoms. The summed E-state index contributed by atoms with van der Waals surface area (Å²) in [6.45, 7) is 0.831. The fourth-order valence-corrected chi connectivity index (χ4v) is 1.29. The Balaban J connectivity index is 2.49. The van der Waals surface area contributed by atoms with E-state index in [9.17, 15) is 4.79 Å². The van der Waals surface area contributed by atoms with E-state index < -0.39 is 0 Å².